The number of sulfonamides is 1. The molecule has 0 saturated carbocycles. The van der Waals surface area contributed by atoms with Crippen LogP contribution in [0.2, 0.25) is 0 Å². The minimum absolute atomic E-state index is 0.116. The molecule has 1 atom stereocenters. The maximum absolute atomic E-state index is 14.0. The van der Waals surface area contributed by atoms with Crippen LogP contribution in [0.3, 0.4) is 0 Å². The number of nitrogens with one attached hydrogen (secondary N) is 3. The van der Waals surface area contributed by atoms with Crippen molar-refractivity contribution in [3.05, 3.63) is 41.7 Å². The Kier molecular flexibility index (Phi) is 16.1. The fraction of sp³-hybridized carbons (Fsp3) is 0.680. The van der Waals surface area contributed by atoms with Crippen LogP contribution >= 0.6 is 0 Å². The van der Waals surface area contributed by atoms with Crippen LogP contribution in [-0.4, -0.2) is 40.8 Å². The van der Waals surface area contributed by atoms with Gasteiger partial charge in [0.15, 0.2) is 0 Å². The molecule has 0 aromatic heterocycles. The van der Waals surface area contributed by atoms with Crippen LogP contribution in [0.15, 0.2) is 30.4 Å². The van der Waals surface area contributed by atoms with Crippen LogP contribution in [0.1, 0.15) is 89.5 Å². The molecule has 0 radical (unpaired) electrons. The fourth-order valence-electron chi connectivity index (χ4n) is 3.60. The summed E-state index contributed by atoms with van der Waals surface area (Å²) in [4.78, 5) is 0. The lowest BCUT2D eigenvalue weighted by atomic mass is 10.1. The highest BCUT2D eigenvalue weighted by molar-refractivity contribution is 7.92. The average molecular weight is 550 g/mol. The van der Waals surface area contributed by atoms with Crippen molar-refractivity contribution in [2.45, 2.75) is 96.6 Å². The Labute approximate surface area is 217 Å². The molecule has 0 spiro atoms. The minimum Gasteiger partial charge on any atom is -0.393 e. The van der Waals surface area contributed by atoms with Gasteiger partial charge in [0.1, 0.15) is 5.82 Å². The van der Waals surface area contributed by atoms with Crippen molar-refractivity contribution in [2.24, 2.45) is 0 Å². The van der Waals surface area contributed by atoms with Gasteiger partial charge >= 0.3 is 0 Å². The Balaban J connectivity index is 2.11. The molecule has 0 bridgehead atoms. The number of hydrogen-bond acceptors (Lipinski definition) is 5. The maximum Gasteiger partial charge on any atom is 0.277 e. The van der Waals surface area contributed by atoms with E-state index in [4.69, 9.17) is 0 Å². The number of aliphatic hydroxyl groups excluding tert-OH is 1. The molecule has 1 aromatic carbocycles. The molecule has 0 fully saturated rings. The number of benzene rings is 1. The van der Waals surface area contributed by atoms with Gasteiger partial charge < -0.3 is 5.11 Å². The third-order valence-electron chi connectivity index (χ3n) is 5.60. The van der Waals surface area contributed by atoms with E-state index in [2.05, 4.69) is 33.2 Å². The summed E-state index contributed by atoms with van der Waals surface area (Å²) in [6.07, 6.45) is 17.0. The van der Waals surface area contributed by atoms with E-state index in [0.29, 0.717) is 12.1 Å². The molecule has 0 saturated heterocycles. The van der Waals surface area contributed by atoms with Gasteiger partial charge in [-0.2, -0.15) is 13.1 Å². The van der Waals surface area contributed by atoms with Crippen molar-refractivity contribution in [2.75, 3.05) is 17.5 Å². The molecule has 4 N–H and O–H groups in total. The second kappa shape index (κ2) is 17.8. The lowest BCUT2D eigenvalue weighted by molar-refractivity contribution is 0.163. The summed E-state index contributed by atoms with van der Waals surface area (Å²) in [6, 6.07) is 3.79. The quantitative estimate of drug-likeness (QED) is 0.130. The standard InChI is InChI=1S/C25H44FN3O5S2/c1-3-4-5-12-15-23(30)16-13-10-8-6-7-9-11-14-19-27-36(33,34)28-21-22-17-18-25(24(26)20-22)29-35(2,31)32/h10,13,17-18,20,23,27-30H,3-9,11-12,14-16,19,21H2,1-2H3/b13-10+. The molecule has 0 aliphatic carbocycles. The highest BCUT2D eigenvalue weighted by Crippen LogP contribution is 2.17. The van der Waals surface area contributed by atoms with Crippen molar-refractivity contribution >= 4 is 25.9 Å². The summed E-state index contributed by atoms with van der Waals surface area (Å²) in [5.41, 5.74) is 0.178. The highest BCUT2D eigenvalue weighted by atomic mass is 32.2. The zero-order valence-electron chi connectivity index (χ0n) is 21.6. The Morgan fingerprint density at radius 2 is 1.64 bits per heavy atom. The number of hydrogen-bond donors (Lipinski definition) is 4. The first kappa shape index (κ1) is 32.5. The zero-order chi connectivity index (χ0) is 26.9. The van der Waals surface area contributed by atoms with Gasteiger partial charge in [-0.1, -0.05) is 70.1 Å². The summed E-state index contributed by atoms with van der Waals surface area (Å²) < 4.78 is 67.5. The van der Waals surface area contributed by atoms with E-state index in [-0.39, 0.29) is 18.3 Å². The van der Waals surface area contributed by atoms with Crippen molar-refractivity contribution < 1.29 is 26.3 Å². The predicted molar refractivity (Wildman–Crippen MR) is 145 cm³/mol. The van der Waals surface area contributed by atoms with Gasteiger partial charge in [0.05, 0.1) is 18.0 Å². The molecule has 1 unspecified atom stereocenters. The Morgan fingerprint density at radius 1 is 0.944 bits per heavy atom. The Bertz CT molecular complexity index is 985. The fourth-order valence-corrected chi connectivity index (χ4v) is 5.04. The van der Waals surface area contributed by atoms with Gasteiger partial charge in [0.2, 0.25) is 10.0 Å². The topological polar surface area (TPSA) is 125 Å². The number of unbranched alkanes of at least 4 members (excludes halogenated alkanes) is 8. The van der Waals surface area contributed by atoms with Crippen molar-refractivity contribution in [1.82, 2.24) is 9.44 Å². The zero-order valence-corrected chi connectivity index (χ0v) is 23.3. The van der Waals surface area contributed by atoms with Crippen molar-refractivity contribution in [3.8, 4) is 0 Å². The number of allylic oxidation sites excluding steroid dienone is 1. The minimum atomic E-state index is -3.72. The number of aliphatic hydroxyl groups is 1. The third kappa shape index (κ3) is 17.0. The highest BCUT2D eigenvalue weighted by Gasteiger charge is 2.11. The second-order valence-corrected chi connectivity index (χ2v) is 12.5. The maximum atomic E-state index is 14.0. The molecule has 0 heterocycles. The Hall–Kier alpha value is -1.53. The lowest BCUT2D eigenvalue weighted by Gasteiger charge is -2.10. The first-order chi connectivity index (χ1) is 17.0. The first-order valence-electron chi connectivity index (χ1n) is 12.9. The SMILES string of the molecule is CCCCCCC(O)C/C=C/CCCCCCCNS(=O)(=O)NCc1ccc(NS(C)(=O)=O)c(F)c1. The summed E-state index contributed by atoms with van der Waals surface area (Å²) in [5.74, 6) is -0.782. The number of anilines is 1. The first-order valence-corrected chi connectivity index (χ1v) is 16.2. The van der Waals surface area contributed by atoms with Gasteiger partial charge in [0.25, 0.3) is 10.2 Å². The molecular formula is C25H44FN3O5S2. The van der Waals surface area contributed by atoms with Crippen LogP contribution in [-0.2, 0) is 26.8 Å². The van der Waals surface area contributed by atoms with E-state index in [1.54, 1.807) is 0 Å². The Morgan fingerprint density at radius 3 is 2.33 bits per heavy atom. The van der Waals surface area contributed by atoms with Crippen LogP contribution in [0.25, 0.3) is 0 Å². The largest absolute Gasteiger partial charge is 0.393 e. The molecule has 0 aliphatic heterocycles. The third-order valence-corrected chi connectivity index (χ3v) is 7.30. The van der Waals surface area contributed by atoms with E-state index in [0.717, 1.165) is 70.1 Å². The molecule has 8 nitrogen and oxygen atoms in total. The molecule has 1 rings (SSSR count). The molecular weight excluding hydrogens is 505 g/mol. The number of halogens is 1. The van der Waals surface area contributed by atoms with Crippen LogP contribution in [0.5, 0.6) is 0 Å². The van der Waals surface area contributed by atoms with Crippen LogP contribution < -0.4 is 14.2 Å². The molecule has 208 valence electrons. The molecule has 0 amide bonds. The average Bonchev–Trinajstić information content (AvgIpc) is 2.80. The van der Waals surface area contributed by atoms with E-state index < -0.39 is 26.0 Å². The number of rotatable bonds is 21. The summed E-state index contributed by atoms with van der Waals surface area (Å²) in [7, 11) is -7.32. The summed E-state index contributed by atoms with van der Waals surface area (Å²) in [6.45, 7) is 2.38. The van der Waals surface area contributed by atoms with Crippen molar-refractivity contribution in [3.63, 3.8) is 0 Å². The van der Waals surface area contributed by atoms with E-state index in [9.17, 15) is 26.3 Å². The second-order valence-electron chi connectivity index (χ2n) is 9.17. The van der Waals surface area contributed by atoms with Crippen LogP contribution in [0.4, 0.5) is 10.1 Å². The van der Waals surface area contributed by atoms with Gasteiger partial charge in [-0.3, -0.25) is 4.72 Å². The van der Waals surface area contributed by atoms with Gasteiger partial charge in [-0.15, -0.1) is 0 Å². The lowest BCUT2D eigenvalue weighted by Crippen LogP contribution is -2.36. The van der Waals surface area contributed by atoms with E-state index in [1.165, 1.54) is 31.4 Å². The molecule has 36 heavy (non-hydrogen) atoms. The van der Waals surface area contributed by atoms with E-state index in [1.807, 2.05) is 0 Å². The molecule has 11 heteroatoms. The normalized spacial score (nSPS) is 13.3. The predicted octanol–water partition coefficient (Wildman–Crippen LogP) is 4.74. The van der Waals surface area contributed by atoms with Gasteiger partial charge in [0, 0.05) is 13.1 Å². The molecule has 1 aromatic rings. The summed E-state index contributed by atoms with van der Waals surface area (Å²) in [5, 5.41) is 9.94. The smallest absolute Gasteiger partial charge is 0.277 e. The summed E-state index contributed by atoms with van der Waals surface area (Å²) >= 11 is 0. The molecule has 0 aliphatic rings. The van der Waals surface area contributed by atoms with E-state index >= 15 is 0 Å². The van der Waals surface area contributed by atoms with Gasteiger partial charge in [-0.25, -0.2) is 17.5 Å². The monoisotopic (exact) mass is 549 g/mol. The van der Waals surface area contributed by atoms with Crippen LogP contribution in [0, 0.1) is 5.82 Å². The van der Waals surface area contributed by atoms with Crippen molar-refractivity contribution in [1.29, 1.82) is 0 Å². The van der Waals surface area contributed by atoms with Gasteiger partial charge in [-0.05, 0) is 49.8 Å².